The minimum atomic E-state index is 0.0637. The molecule has 1 unspecified atom stereocenters. The Bertz CT molecular complexity index is 87.1. The van der Waals surface area contributed by atoms with Crippen LogP contribution >= 0.6 is 0 Å². The molecule has 9 heavy (non-hydrogen) atoms. The van der Waals surface area contributed by atoms with Crippen LogP contribution in [0.4, 0.5) is 0 Å². The van der Waals surface area contributed by atoms with Crippen LogP contribution in [0.5, 0.6) is 0 Å². The summed E-state index contributed by atoms with van der Waals surface area (Å²) in [6.07, 6.45) is 2.39. The van der Waals surface area contributed by atoms with Crippen molar-refractivity contribution in [2.24, 2.45) is 0 Å². The van der Waals surface area contributed by atoms with Gasteiger partial charge in [0.05, 0.1) is 0 Å². The first kappa shape index (κ1) is 7.10. The third-order valence-electron chi connectivity index (χ3n) is 1.55. The van der Waals surface area contributed by atoms with Crippen molar-refractivity contribution in [1.82, 2.24) is 0 Å². The third-order valence-corrected chi connectivity index (χ3v) is 1.55. The number of hydrogen-bond acceptors (Lipinski definition) is 2. The van der Waals surface area contributed by atoms with Gasteiger partial charge in [-0.05, 0) is 19.7 Å². The lowest BCUT2D eigenvalue weighted by Crippen LogP contribution is -2.33. The standard InChI is InChI=1S/C6H13BO2/c1-3-7-8-5-4-6(2)9-7/h6H,3-5H2,1-2H3. The molecule has 0 bridgehead atoms. The van der Waals surface area contributed by atoms with Gasteiger partial charge >= 0.3 is 7.12 Å². The minimum absolute atomic E-state index is 0.0637. The Morgan fingerprint density at radius 3 is 2.89 bits per heavy atom. The van der Waals surface area contributed by atoms with Crippen LogP contribution in [-0.2, 0) is 9.31 Å². The molecular formula is C6H13BO2. The van der Waals surface area contributed by atoms with Crippen LogP contribution in [0.1, 0.15) is 20.3 Å². The summed E-state index contributed by atoms with van der Waals surface area (Å²) in [6.45, 7) is 5.02. The molecule has 1 aliphatic rings. The molecule has 0 aromatic heterocycles. The van der Waals surface area contributed by atoms with Crippen LogP contribution in [0.3, 0.4) is 0 Å². The van der Waals surface area contributed by atoms with Gasteiger partial charge in [-0.1, -0.05) is 6.92 Å². The van der Waals surface area contributed by atoms with E-state index in [-0.39, 0.29) is 7.12 Å². The van der Waals surface area contributed by atoms with Crippen LogP contribution in [0.15, 0.2) is 0 Å². The molecule has 1 fully saturated rings. The average molecular weight is 128 g/mol. The SMILES string of the molecule is CCB1OCCC(C)O1. The molecule has 3 heteroatoms. The van der Waals surface area contributed by atoms with Gasteiger partial charge < -0.3 is 9.31 Å². The Balaban J connectivity index is 2.23. The second-order valence-corrected chi connectivity index (χ2v) is 2.44. The van der Waals surface area contributed by atoms with Gasteiger partial charge in [0.15, 0.2) is 0 Å². The molecule has 0 radical (unpaired) electrons. The Labute approximate surface area is 56.7 Å². The molecule has 1 aliphatic heterocycles. The van der Waals surface area contributed by atoms with E-state index in [1.165, 1.54) is 0 Å². The van der Waals surface area contributed by atoms with Crippen molar-refractivity contribution < 1.29 is 9.31 Å². The first-order chi connectivity index (χ1) is 4.33. The van der Waals surface area contributed by atoms with Gasteiger partial charge in [0.1, 0.15) is 0 Å². The highest BCUT2D eigenvalue weighted by Crippen LogP contribution is 2.10. The van der Waals surface area contributed by atoms with E-state index in [0.29, 0.717) is 6.10 Å². The maximum absolute atomic E-state index is 5.41. The van der Waals surface area contributed by atoms with E-state index < -0.39 is 0 Å². The second kappa shape index (κ2) is 3.23. The van der Waals surface area contributed by atoms with Crippen LogP contribution in [0.25, 0.3) is 0 Å². The Morgan fingerprint density at radius 1 is 1.67 bits per heavy atom. The Hall–Kier alpha value is -0.0151. The highest BCUT2D eigenvalue weighted by Gasteiger charge is 2.22. The van der Waals surface area contributed by atoms with Crippen molar-refractivity contribution in [2.45, 2.75) is 32.7 Å². The van der Waals surface area contributed by atoms with Crippen molar-refractivity contribution in [1.29, 1.82) is 0 Å². The van der Waals surface area contributed by atoms with Crippen LogP contribution in [-0.4, -0.2) is 19.8 Å². The van der Waals surface area contributed by atoms with Crippen LogP contribution < -0.4 is 0 Å². The molecule has 52 valence electrons. The molecule has 0 saturated carbocycles. The summed E-state index contributed by atoms with van der Waals surface area (Å²) in [5.41, 5.74) is 0. The van der Waals surface area contributed by atoms with Gasteiger partial charge in [-0.15, -0.1) is 0 Å². The smallest absolute Gasteiger partial charge is 0.411 e. The van der Waals surface area contributed by atoms with E-state index in [0.717, 1.165) is 19.3 Å². The summed E-state index contributed by atoms with van der Waals surface area (Å²) >= 11 is 0. The second-order valence-electron chi connectivity index (χ2n) is 2.44. The quantitative estimate of drug-likeness (QED) is 0.495. The lowest BCUT2D eigenvalue weighted by Gasteiger charge is -2.24. The lowest BCUT2D eigenvalue weighted by molar-refractivity contribution is 0.0789. The summed E-state index contributed by atoms with van der Waals surface area (Å²) in [6, 6.07) is 0. The molecule has 2 nitrogen and oxygen atoms in total. The summed E-state index contributed by atoms with van der Waals surface area (Å²) in [5.74, 6) is 0. The fourth-order valence-electron chi connectivity index (χ4n) is 0.946. The highest BCUT2D eigenvalue weighted by atomic mass is 16.6. The lowest BCUT2D eigenvalue weighted by atomic mass is 9.84. The van der Waals surface area contributed by atoms with Crippen molar-refractivity contribution in [3.05, 3.63) is 0 Å². The number of hydrogen-bond donors (Lipinski definition) is 0. The third kappa shape index (κ3) is 1.99. The van der Waals surface area contributed by atoms with E-state index in [2.05, 4.69) is 13.8 Å². The van der Waals surface area contributed by atoms with Crippen LogP contribution in [0, 0.1) is 0 Å². The van der Waals surface area contributed by atoms with Gasteiger partial charge in [0.25, 0.3) is 0 Å². The molecular weight excluding hydrogens is 115 g/mol. The topological polar surface area (TPSA) is 18.5 Å². The van der Waals surface area contributed by atoms with E-state index in [4.69, 9.17) is 9.31 Å². The summed E-state index contributed by atoms with van der Waals surface area (Å²) in [7, 11) is 0.0637. The van der Waals surface area contributed by atoms with Gasteiger partial charge in [-0.25, -0.2) is 0 Å². The first-order valence-corrected chi connectivity index (χ1v) is 3.60. The van der Waals surface area contributed by atoms with Gasteiger partial charge in [0.2, 0.25) is 0 Å². The molecule has 1 saturated heterocycles. The number of rotatable bonds is 1. The predicted molar refractivity (Wildman–Crippen MR) is 37.4 cm³/mol. The molecule has 1 atom stereocenters. The van der Waals surface area contributed by atoms with E-state index in [9.17, 15) is 0 Å². The minimum Gasteiger partial charge on any atom is -0.411 e. The van der Waals surface area contributed by atoms with E-state index >= 15 is 0 Å². The molecule has 0 N–H and O–H groups in total. The molecule has 0 amide bonds. The first-order valence-electron chi connectivity index (χ1n) is 3.60. The molecule has 1 heterocycles. The molecule has 0 aromatic carbocycles. The van der Waals surface area contributed by atoms with Gasteiger partial charge in [-0.2, -0.15) is 0 Å². The summed E-state index contributed by atoms with van der Waals surface area (Å²) in [5, 5.41) is 0. The maximum Gasteiger partial charge on any atom is 0.456 e. The maximum atomic E-state index is 5.41. The zero-order chi connectivity index (χ0) is 6.69. The molecule has 1 rings (SSSR count). The van der Waals surface area contributed by atoms with Crippen molar-refractivity contribution in [2.75, 3.05) is 6.61 Å². The van der Waals surface area contributed by atoms with Crippen molar-refractivity contribution in [3.63, 3.8) is 0 Å². The molecule has 0 aromatic rings. The van der Waals surface area contributed by atoms with E-state index in [1.54, 1.807) is 0 Å². The van der Waals surface area contributed by atoms with Gasteiger partial charge in [0, 0.05) is 12.7 Å². The normalized spacial score (nSPS) is 28.7. The zero-order valence-corrected chi connectivity index (χ0v) is 6.09. The Kier molecular flexibility index (Phi) is 2.55. The fourth-order valence-corrected chi connectivity index (χ4v) is 0.946. The van der Waals surface area contributed by atoms with Crippen molar-refractivity contribution >= 4 is 7.12 Å². The van der Waals surface area contributed by atoms with Crippen LogP contribution in [0.2, 0.25) is 6.32 Å². The average Bonchev–Trinajstić information content (AvgIpc) is 1.88. The largest absolute Gasteiger partial charge is 0.456 e. The summed E-state index contributed by atoms with van der Waals surface area (Å²) < 4.78 is 10.7. The monoisotopic (exact) mass is 128 g/mol. The Morgan fingerprint density at radius 2 is 2.44 bits per heavy atom. The zero-order valence-electron chi connectivity index (χ0n) is 6.09. The highest BCUT2D eigenvalue weighted by molar-refractivity contribution is 6.44. The van der Waals surface area contributed by atoms with Crippen molar-refractivity contribution in [3.8, 4) is 0 Å². The van der Waals surface area contributed by atoms with E-state index in [1.807, 2.05) is 0 Å². The predicted octanol–water partition coefficient (Wildman–Crippen LogP) is 1.32. The fraction of sp³-hybridized carbons (Fsp3) is 1.00. The summed E-state index contributed by atoms with van der Waals surface area (Å²) in [4.78, 5) is 0. The molecule has 0 spiro atoms. The van der Waals surface area contributed by atoms with Gasteiger partial charge in [-0.3, -0.25) is 0 Å². The molecule has 0 aliphatic carbocycles.